The Hall–Kier alpha value is -3.83. The number of hydrogen-bond acceptors (Lipinski definition) is 6. The molecule has 2 aliphatic rings. The number of hydrogen-bond donors (Lipinski definition) is 1. The Labute approximate surface area is 242 Å². The van der Waals surface area contributed by atoms with E-state index in [1.54, 1.807) is 17.6 Å². The molecule has 0 amide bonds. The second-order valence-corrected chi connectivity index (χ2v) is 10.9. The third kappa shape index (κ3) is 6.47. The number of likely N-dealkylation sites (tertiary alicyclic amines) is 1. The maximum atomic E-state index is 14.8. The van der Waals surface area contributed by atoms with Crippen LogP contribution in [0.1, 0.15) is 60.8 Å². The number of fused-ring (bicyclic) bond motifs is 1. The molecular formula is C31H34F3N3O5. The van der Waals surface area contributed by atoms with Crippen molar-refractivity contribution >= 4 is 12.0 Å². The first kappa shape index (κ1) is 29.7. The number of benzene rings is 2. The highest BCUT2D eigenvalue weighted by atomic mass is 19.3. The van der Waals surface area contributed by atoms with E-state index in [0.29, 0.717) is 35.1 Å². The molecule has 3 aromatic rings. The van der Waals surface area contributed by atoms with Crippen LogP contribution in [0.2, 0.25) is 0 Å². The van der Waals surface area contributed by atoms with Crippen LogP contribution < -0.4 is 9.47 Å². The molecule has 0 radical (unpaired) electrons. The van der Waals surface area contributed by atoms with Gasteiger partial charge in [0.15, 0.2) is 11.5 Å². The van der Waals surface area contributed by atoms with Gasteiger partial charge in [-0.2, -0.15) is 8.78 Å². The third-order valence-electron chi connectivity index (χ3n) is 7.76. The zero-order chi connectivity index (χ0) is 30.0. The van der Waals surface area contributed by atoms with Gasteiger partial charge in [0.05, 0.1) is 36.6 Å². The molecule has 2 atom stereocenters. The van der Waals surface area contributed by atoms with Crippen molar-refractivity contribution in [2.75, 3.05) is 13.1 Å². The van der Waals surface area contributed by atoms with Crippen molar-refractivity contribution in [2.24, 2.45) is 0 Å². The average Bonchev–Trinajstić information content (AvgIpc) is 3.47. The molecule has 224 valence electrons. The smallest absolute Gasteiger partial charge is 0.345 e. The van der Waals surface area contributed by atoms with Gasteiger partial charge < -0.3 is 23.9 Å². The predicted molar refractivity (Wildman–Crippen MR) is 149 cm³/mol. The van der Waals surface area contributed by atoms with E-state index in [1.807, 2.05) is 31.2 Å². The van der Waals surface area contributed by atoms with Crippen LogP contribution in [-0.4, -0.2) is 51.3 Å². The van der Waals surface area contributed by atoms with Gasteiger partial charge in [0.25, 0.3) is 5.79 Å². The summed E-state index contributed by atoms with van der Waals surface area (Å²) >= 11 is 0. The van der Waals surface area contributed by atoms with Gasteiger partial charge in [-0.3, -0.25) is 4.90 Å². The molecule has 0 aliphatic carbocycles. The lowest BCUT2D eigenvalue weighted by atomic mass is 9.88. The van der Waals surface area contributed by atoms with E-state index in [-0.39, 0.29) is 18.3 Å². The summed E-state index contributed by atoms with van der Waals surface area (Å²) in [5, 5.41) is 9.04. The number of carboxylic acids is 1. The normalized spacial score (nSPS) is 20.1. The Kier molecular flexibility index (Phi) is 8.60. The number of aromatic nitrogens is 2. The highest BCUT2D eigenvalue weighted by molar-refractivity contribution is 5.84. The molecule has 11 heteroatoms. The summed E-state index contributed by atoms with van der Waals surface area (Å²) < 4.78 is 59.2. The van der Waals surface area contributed by atoms with E-state index in [4.69, 9.17) is 14.6 Å². The van der Waals surface area contributed by atoms with Gasteiger partial charge in [-0.1, -0.05) is 18.2 Å². The van der Waals surface area contributed by atoms with Gasteiger partial charge in [-0.05, 0) is 75.5 Å². The van der Waals surface area contributed by atoms with Crippen LogP contribution in [0, 0.1) is 12.7 Å². The van der Waals surface area contributed by atoms with Crippen LogP contribution in [0.5, 0.6) is 11.5 Å². The predicted octanol–water partition coefficient (Wildman–Crippen LogP) is 6.08. The number of alkyl halides is 2. The lowest BCUT2D eigenvalue weighted by Gasteiger charge is -2.32. The summed E-state index contributed by atoms with van der Waals surface area (Å²) in [5.74, 6) is -0.718. The Morgan fingerprint density at radius 1 is 1.24 bits per heavy atom. The molecule has 0 bridgehead atoms. The first-order valence-electron chi connectivity index (χ1n) is 13.9. The van der Waals surface area contributed by atoms with Gasteiger partial charge in [-0.25, -0.2) is 14.2 Å². The van der Waals surface area contributed by atoms with Crippen molar-refractivity contribution in [3.8, 4) is 11.5 Å². The number of aryl methyl sites for hydroxylation is 1. The molecule has 1 aromatic heterocycles. The molecule has 2 aliphatic heterocycles. The number of piperidine rings is 1. The van der Waals surface area contributed by atoms with Crippen molar-refractivity contribution < 1.29 is 37.3 Å². The van der Waals surface area contributed by atoms with Crippen molar-refractivity contribution in [3.05, 3.63) is 82.7 Å². The van der Waals surface area contributed by atoms with Crippen molar-refractivity contribution in [1.29, 1.82) is 0 Å². The topological polar surface area (TPSA) is 86.1 Å². The van der Waals surface area contributed by atoms with Crippen LogP contribution >= 0.6 is 0 Å². The van der Waals surface area contributed by atoms with Crippen LogP contribution in [0.25, 0.3) is 6.08 Å². The van der Waals surface area contributed by atoms with Crippen molar-refractivity contribution in [2.45, 2.75) is 71.1 Å². The quantitative estimate of drug-likeness (QED) is 0.289. The second-order valence-electron chi connectivity index (χ2n) is 10.9. The number of imidazole rings is 1. The fraction of sp³-hybridized carbons (Fsp3) is 0.419. The number of nitrogens with zero attached hydrogens (tertiary/aromatic N) is 3. The minimum Gasteiger partial charge on any atom is -0.478 e. The molecule has 2 aromatic carbocycles. The first-order valence-corrected chi connectivity index (χ1v) is 13.9. The van der Waals surface area contributed by atoms with Crippen LogP contribution in [0.15, 0.2) is 48.7 Å². The molecular weight excluding hydrogens is 551 g/mol. The van der Waals surface area contributed by atoms with Crippen molar-refractivity contribution in [1.82, 2.24) is 14.5 Å². The van der Waals surface area contributed by atoms with Crippen LogP contribution in [0.3, 0.4) is 0 Å². The Bertz CT molecular complexity index is 1470. The van der Waals surface area contributed by atoms with E-state index in [9.17, 15) is 18.0 Å². The number of carbonyl (C=O) groups is 1. The minimum atomic E-state index is -2.91. The highest BCUT2D eigenvalue weighted by Gasteiger charge is 2.42. The molecule has 1 N–H and O–H groups in total. The summed E-state index contributed by atoms with van der Waals surface area (Å²) in [7, 11) is 0. The summed E-state index contributed by atoms with van der Waals surface area (Å²) in [5.41, 5.74) is 2.67. The zero-order valence-electron chi connectivity index (χ0n) is 23.7. The molecule has 3 heterocycles. The molecule has 42 heavy (non-hydrogen) atoms. The van der Waals surface area contributed by atoms with E-state index in [2.05, 4.69) is 14.6 Å². The number of rotatable bonds is 10. The number of aliphatic carboxylic acids is 1. The standard InChI is InChI=1S/C31H34F3N3O5/c1-19-7-9-24(25(32)15-19)31(3)41-26-6-4-5-23(29(26)42-31)21-11-13-36(14-12-21)18-27-35-16-22(8-10-28(38)39)37(27)17-20(2)40-30(33)34/h4-10,15-16,20-21,30H,11-14,17-18H2,1-3H3,(H,38,39)/b10-8+/t20-,31-/m0/s1. The van der Waals surface area contributed by atoms with Gasteiger partial charge in [-0.15, -0.1) is 0 Å². The summed E-state index contributed by atoms with van der Waals surface area (Å²) in [4.78, 5) is 17.7. The average molecular weight is 586 g/mol. The van der Waals surface area contributed by atoms with Gasteiger partial charge in [0, 0.05) is 18.6 Å². The van der Waals surface area contributed by atoms with E-state index in [0.717, 1.165) is 43.1 Å². The third-order valence-corrected chi connectivity index (χ3v) is 7.76. The molecule has 0 saturated carbocycles. The van der Waals surface area contributed by atoms with E-state index in [1.165, 1.54) is 25.3 Å². The number of halogens is 3. The fourth-order valence-electron chi connectivity index (χ4n) is 5.70. The SMILES string of the molecule is Cc1ccc([C@@]2(C)Oc3cccc(C4CCN(Cc5ncc(/C=C/C(=O)O)n5C[C@H](C)OC(F)F)CC4)c3O2)c(F)c1. The Morgan fingerprint density at radius 3 is 2.69 bits per heavy atom. The lowest BCUT2D eigenvalue weighted by molar-refractivity contribution is -0.160. The van der Waals surface area contributed by atoms with E-state index < -0.39 is 24.5 Å². The first-order chi connectivity index (χ1) is 20.0. The molecule has 0 spiro atoms. The van der Waals surface area contributed by atoms with Gasteiger partial charge in [0.2, 0.25) is 0 Å². The number of para-hydroxylation sites is 1. The highest BCUT2D eigenvalue weighted by Crippen LogP contribution is 2.49. The molecule has 8 nitrogen and oxygen atoms in total. The van der Waals surface area contributed by atoms with Crippen LogP contribution in [0.4, 0.5) is 13.2 Å². The molecule has 0 unspecified atom stereocenters. The Balaban J connectivity index is 1.28. The molecule has 5 rings (SSSR count). The van der Waals surface area contributed by atoms with Crippen LogP contribution in [-0.2, 0) is 28.4 Å². The second kappa shape index (κ2) is 12.2. The number of ether oxygens (including phenoxy) is 3. The number of carboxylic acid groups (broad SMARTS) is 1. The van der Waals surface area contributed by atoms with Gasteiger partial charge in [0.1, 0.15) is 11.6 Å². The minimum absolute atomic E-state index is 0.100. The summed E-state index contributed by atoms with van der Waals surface area (Å²) in [6.07, 6.45) is 4.77. The summed E-state index contributed by atoms with van der Waals surface area (Å²) in [6.45, 7) is 4.24. The fourth-order valence-corrected chi connectivity index (χ4v) is 5.70. The van der Waals surface area contributed by atoms with E-state index >= 15 is 0 Å². The monoisotopic (exact) mass is 585 g/mol. The maximum absolute atomic E-state index is 14.8. The lowest BCUT2D eigenvalue weighted by Crippen LogP contribution is -2.34. The largest absolute Gasteiger partial charge is 0.478 e. The maximum Gasteiger partial charge on any atom is 0.345 e. The van der Waals surface area contributed by atoms with Crippen molar-refractivity contribution in [3.63, 3.8) is 0 Å². The van der Waals surface area contributed by atoms with Gasteiger partial charge >= 0.3 is 12.6 Å². The zero-order valence-corrected chi connectivity index (χ0v) is 23.7. The Morgan fingerprint density at radius 2 is 2.00 bits per heavy atom. The summed E-state index contributed by atoms with van der Waals surface area (Å²) in [6, 6.07) is 10.8. The molecule has 1 fully saturated rings. The molecule has 1 saturated heterocycles.